The zero-order valence-electron chi connectivity index (χ0n) is 25.9. The van der Waals surface area contributed by atoms with E-state index in [9.17, 15) is 5.11 Å². The van der Waals surface area contributed by atoms with Gasteiger partial charge in [-0.1, -0.05) is 92.4 Å². The fourth-order valence-corrected chi connectivity index (χ4v) is 7.49. The van der Waals surface area contributed by atoms with Crippen LogP contribution >= 0.6 is 0 Å². The molecule has 0 atom stereocenters. The third kappa shape index (κ3) is 5.34. The van der Waals surface area contributed by atoms with Gasteiger partial charge < -0.3 is 9.67 Å². The molecule has 0 fully saturated rings. The van der Waals surface area contributed by atoms with E-state index >= 15 is 0 Å². The highest BCUT2D eigenvalue weighted by Gasteiger charge is 2.23. The predicted molar refractivity (Wildman–Crippen MR) is 188 cm³/mol. The number of para-hydroxylation sites is 1. The standard InChI is InChI=1S/C39H34N4OSi/c1-43-34-19-20-40-37(38(34)42-39(43)31-17-11-12-18-35(31)44)30-22-28(26-13-7-5-8-14-26)21-29(23-30)33-24-32(27-15-9-6-10-16-27)36(25-41-33)45(2,3)4/h5-25,44H,1-4H3. The summed E-state index contributed by atoms with van der Waals surface area (Å²) in [6.45, 7) is 7.10. The zero-order chi connectivity index (χ0) is 31.1. The number of imidazole rings is 1. The van der Waals surface area contributed by atoms with Crippen LogP contribution in [-0.4, -0.2) is 32.7 Å². The molecule has 7 rings (SSSR count). The maximum Gasteiger partial charge on any atom is 0.144 e. The van der Waals surface area contributed by atoms with Crippen LogP contribution in [0.3, 0.4) is 0 Å². The summed E-state index contributed by atoms with van der Waals surface area (Å²) in [6.07, 6.45) is 3.92. The molecule has 0 bridgehead atoms. The van der Waals surface area contributed by atoms with Gasteiger partial charge in [-0.25, -0.2) is 4.98 Å². The third-order valence-electron chi connectivity index (χ3n) is 8.35. The molecule has 45 heavy (non-hydrogen) atoms. The summed E-state index contributed by atoms with van der Waals surface area (Å²) < 4.78 is 2.01. The van der Waals surface area contributed by atoms with Crippen LogP contribution in [0.15, 0.2) is 128 Å². The van der Waals surface area contributed by atoms with Crippen LogP contribution < -0.4 is 5.19 Å². The first-order valence-corrected chi connectivity index (χ1v) is 18.6. The molecule has 3 heterocycles. The smallest absolute Gasteiger partial charge is 0.144 e. The monoisotopic (exact) mass is 602 g/mol. The van der Waals surface area contributed by atoms with Gasteiger partial charge in [0.2, 0.25) is 0 Å². The number of aryl methyl sites for hydroxylation is 1. The van der Waals surface area contributed by atoms with Gasteiger partial charge in [-0.05, 0) is 69.9 Å². The second kappa shape index (κ2) is 11.3. The number of benzene rings is 4. The van der Waals surface area contributed by atoms with Crippen molar-refractivity contribution in [1.82, 2.24) is 19.5 Å². The molecular formula is C39H34N4OSi. The minimum absolute atomic E-state index is 0.195. The van der Waals surface area contributed by atoms with E-state index in [0.717, 1.165) is 44.7 Å². The van der Waals surface area contributed by atoms with Crippen molar-refractivity contribution < 1.29 is 5.11 Å². The molecule has 0 saturated heterocycles. The Kier molecular flexibility index (Phi) is 7.14. The van der Waals surface area contributed by atoms with Gasteiger partial charge in [-0.3, -0.25) is 9.97 Å². The van der Waals surface area contributed by atoms with Crippen LogP contribution in [-0.2, 0) is 7.05 Å². The van der Waals surface area contributed by atoms with Gasteiger partial charge in [0.15, 0.2) is 0 Å². The molecule has 0 aliphatic carbocycles. The average molecular weight is 603 g/mol. The molecule has 4 aromatic carbocycles. The second-order valence-electron chi connectivity index (χ2n) is 12.4. The Balaban J connectivity index is 1.46. The van der Waals surface area contributed by atoms with Crippen molar-refractivity contribution in [3.8, 4) is 61.9 Å². The number of phenols is 1. The third-order valence-corrected chi connectivity index (χ3v) is 10.4. The average Bonchev–Trinajstić information content (AvgIpc) is 3.41. The molecule has 0 aliphatic heterocycles. The summed E-state index contributed by atoms with van der Waals surface area (Å²) >= 11 is 0. The number of hydrogen-bond acceptors (Lipinski definition) is 4. The highest BCUT2D eigenvalue weighted by Crippen LogP contribution is 2.37. The molecule has 0 unspecified atom stereocenters. The van der Waals surface area contributed by atoms with Crippen molar-refractivity contribution in [3.05, 3.63) is 128 Å². The fraction of sp³-hybridized carbons (Fsp3) is 0.103. The first-order chi connectivity index (χ1) is 21.8. The quantitative estimate of drug-likeness (QED) is 0.193. The SMILES string of the molecule is Cn1c(-c2ccccc2O)nc2c(-c3cc(-c4ccccc4)cc(-c4cc(-c5ccccc5)c([Si](C)(C)C)cn4)c3)nccc21. The van der Waals surface area contributed by atoms with Gasteiger partial charge in [0.05, 0.1) is 30.5 Å². The summed E-state index contributed by atoms with van der Waals surface area (Å²) in [5.74, 6) is 0.883. The van der Waals surface area contributed by atoms with E-state index in [1.165, 1.54) is 16.3 Å². The summed E-state index contributed by atoms with van der Waals surface area (Å²) in [5, 5.41) is 12.0. The Labute approximate surface area is 264 Å². The summed E-state index contributed by atoms with van der Waals surface area (Å²) in [7, 11) is 0.296. The lowest BCUT2D eigenvalue weighted by Crippen LogP contribution is -2.39. The van der Waals surface area contributed by atoms with Gasteiger partial charge >= 0.3 is 0 Å². The summed E-state index contributed by atoms with van der Waals surface area (Å²) in [4.78, 5) is 15.0. The van der Waals surface area contributed by atoms with Crippen molar-refractivity contribution in [1.29, 1.82) is 0 Å². The normalized spacial score (nSPS) is 11.6. The van der Waals surface area contributed by atoms with E-state index in [4.69, 9.17) is 15.0 Å². The van der Waals surface area contributed by atoms with Crippen LogP contribution in [0.2, 0.25) is 19.6 Å². The van der Waals surface area contributed by atoms with E-state index in [1.807, 2.05) is 48.1 Å². The van der Waals surface area contributed by atoms with E-state index in [1.54, 1.807) is 6.07 Å². The first kappa shape index (κ1) is 28.4. The zero-order valence-corrected chi connectivity index (χ0v) is 26.9. The molecule has 6 heteroatoms. The first-order valence-electron chi connectivity index (χ1n) is 15.1. The number of phenolic OH excluding ortho intramolecular Hbond substituents is 1. The Hall–Kier alpha value is -5.33. The number of pyridine rings is 2. The van der Waals surface area contributed by atoms with Gasteiger partial charge in [0, 0.05) is 30.6 Å². The Bertz CT molecular complexity index is 2170. The van der Waals surface area contributed by atoms with E-state index in [-0.39, 0.29) is 5.75 Å². The van der Waals surface area contributed by atoms with E-state index in [0.29, 0.717) is 11.4 Å². The number of nitrogens with zero attached hydrogens (tertiary/aromatic N) is 4. The molecule has 0 amide bonds. The lowest BCUT2D eigenvalue weighted by molar-refractivity contribution is 0.476. The van der Waals surface area contributed by atoms with Crippen molar-refractivity contribution in [2.45, 2.75) is 19.6 Å². The highest BCUT2D eigenvalue weighted by atomic mass is 28.3. The molecule has 0 aliphatic rings. The minimum atomic E-state index is -1.68. The molecular weight excluding hydrogens is 569 g/mol. The van der Waals surface area contributed by atoms with E-state index in [2.05, 4.69) is 105 Å². The van der Waals surface area contributed by atoms with Crippen LogP contribution in [0.4, 0.5) is 0 Å². The molecule has 5 nitrogen and oxygen atoms in total. The number of fused-ring (bicyclic) bond motifs is 1. The predicted octanol–water partition coefficient (Wildman–Crippen LogP) is 8.95. The van der Waals surface area contributed by atoms with Crippen molar-refractivity contribution in [2.24, 2.45) is 7.05 Å². The second-order valence-corrected chi connectivity index (χ2v) is 17.5. The topological polar surface area (TPSA) is 63.8 Å². The number of aromatic hydroxyl groups is 1. The molecule has 1 N–H and O–H groups in total. The molecule has 220 valence electrons. The molecule has 0 saturated carbocycles. The van der Waals surface area contributed by atoms with Gasteiger partial charge in [0.1, 0.15) is 17.1 Å². The lowest BCUT2D eigenvalue weighted by atomic mass is 9.95. The van der Waals surface area contributed by atoms with Crippen LogP contribution in [0.5, 0.6) is 5.75 Å². The van der Waals surface area contributed by atoms with Crippen molar-refractivity contribution in [2.75, 3.05) is 0 Å². The maximum absolute atomic E-state index is 10.6. The Morgan fingerprint density at radius 3 is 1.98 bits per heavy atom. The fourth-order valence-electron chi connectivity index (χ4n) is 6.01. The Morgan fingerprint density at radius 1 is 0.622 bits per heavy atom. The van der Waals surface area contributed by atoms with Gasteiger partial charge in [-0.15, -0.1) is 0 Å². The highest BCUT2D eigenvalue weighted by molar-refractivity contribution is 6.89. The van der Waals surface area contributed by atoms with Crippen molar-refractivity contribution >= 4 is 24.3 Å². The van der Waals surface area contributed by atoms with Crippen molar-refractivity contribution in [3.63, 3.8) is 0 Å². The van der Waals surface area contributed by atoms with Crippen LogP contribution in [0, 0.1) is 0 Å². The molecule has 0 spiro atoms. The maximum atomic E-state index is 10.6. The minimum Gasteiger partial charge on any atom is -0.507 e. The van der Waals surface area contributed by atoms with E-state index < -0.39 is 8.07 Å². The van der Waals surface area contributed by atoms with Gasteiger partial charge in [0.25, 0.3) is 0 Å². The summed E-state index contributed by atoms with van der Waals surface area (Å²) in [5.41, 5.74) is 10.7. The largest absolute Gasteiger partial charge is 0.507 e. The number of aromatic nitrogens is 4. The lowest BCUT2D eigenvalue weighted by Gasteiger charge is -2.22. The number of hydrogen-bond donors (Lipinski definition) is 1. The van der Waals surface area contributed by atoms with Crippen LogP contribution in [0.25, 0.3) is 67.2 Å². The molecule has 0 radical (unpaired) electrons. The van der Waals surface area contributed by atoms with Gasteiger partial charge in [-0.2, -0.15) is 0 Å². The summed E-state index contributed by atoms with van der Waals surface area (Å²) in [6, 6.07) is 39.1. The Morgan fingerprint density at radius 2 is 1.27 bits per heavy atom. The molecule has 3 aromatic heterocycles. The molecule has 7 aromatic rings. The number of rotatable bonds is 6. The van der Waals surface area contributed by atoms with Crippen LogP contribution in [0.1, 0.15) is 0 Å².